The molecule has 6 heteroatoms. The SMILES string of the molecule is Fc1ccc(C2CN(Cc3coc(-c4ccccc4Cl)n3)CCO2)cc1. The zero-order valence-corrected chi connectivity index (χ0v) is 14.8. The van der Waals surface area contributed by atoms with Crippen LogP contribution in [0.1, 0.15) is 17.4 Å². The predicted octanol–water partition coefficient (Wildman–Crippen LogP) is 4.71. The number of hydrogen-bond acceptors (Lipinski definition) is 4. The Kier molecular flexibility index (Phi) is 5.02. The fourth-order valence-corrected chi connectivity index (χ4v) is 3.31. The largest absolute Gasteiger partial charge is 0.444 e. The lowest BCUT2D eigenvalue weighted by Crippen LogP contribution is -2.37. The molecule has 3 aromatic rings. The molecule has 0 amide bonds. The molecule has 4 rings (SSSR count). The van der Waals surface area contributed by atoms with E-state index in [0.29, 0.717) is 24.1 Å². The van der Waals surface area contributed by atoms with E-state index in [4.69, 9.17) is 20.8 Å². The van der Waals surface area contributed by atoms with E-state index in [2.05, 4.69) is 9.88 Å². The monoisotopic (exact) mass is 372 g/mol. The van der Waals surface area contributed by atoms with Crippen LogP contribution in [0.15, 0.2) is 59.2 Å². The second-order valence-electron chi connectivity index (χ2n) is 6.27. The Morgan fingerprint density at radius 1 is 1.15 bits per heavy atom. The molecule has 0 spiro atoms. The first-order valence-corrected chi connectivity index (χ1v) is 8.85. The zero-order valence-electron chi connectivity index (χ0n) is 14.1. The molecule has 0 radical (unpaired) electrons. The highest BCUT2D eigenvalue weighted by atomic mass is 35.5. The minimum Gasteiger partial charge on any atom is -0.444 e. The number of oxazole rings is 1. The summed E-state index contributed by atoms with van der Waals surface area (Å²) in [6.45, 7) is 2.82. The molecule has 0 aliphatic carbocycles. The fourth-order valence-electron chi connectivity index (χ4n) is 3.09. The van der Waals surface area contributed by atoms with E-state index in [0.717, 1.165) is 29.9 Å². The summed E-state index contributed by atoms with van der Waals surface area (Å²) in [6, 6.07) is 14.0. The van der Waals surface area contributed by atoms with E-state index in [1.165, 1.54) is 12.1 Å². The van der Waals surface area contributed by atoms with Crippen molar-refractivity contribution >= 4 is 11.6 Å². The van der Waals surface area contributed by atoms with Gasteiger partial charge in [0, 0.05) is 19.6 Å². The first kappa shape index (κ1) is 17.2. The summed E-state index contributed by atoms with van der Waals surface area (Å²) in [5.74, 6) is 0.282. The first-order chi connectivity index (χ1) is 12.7. The Balaban J connectivity index is 1.44. The third-order valence-corrected chi connectivity index (χ3v) is 4.76. The van der Waals surface area contributed by atoms with Crippen molar-refractivity contribution in [3.8, 4) is 11.5 Å². The number of morpholine rings is 1. The summed E-state index contributed by atoms with van der Waals surface area (Å²) in [4.78, 5) is 6.82. The summed E-state index contributed by atoms with van der Waals surface area (Å²) in [7, 11) is 0. The minimum atomic E-state index is -0.240. The molecule has 134 valence electrons. The number of ether oxygens (including phenoxy) is 1. The topological polar surface area (TPSA) is 38.5 Å². The van der Waals surface area contributed by atoms with Gasteiger partial charge < -0.3 is 9.15 Å². The molecule has 1 aliphatic heterocycles. The molecule has 0 bridgehead atoms. The molecule has 1 aliphatic rings. The van der Waals surface area contributed by atoms with Crippen molar-refractivity contribution in [1.82, 2.24) is 9.88 Å². The van der Waals surface area contributed by atoms with Gasteiger partial charge >= 0.3 is 0 Å². The van der Waals surface area contributed by atoms with Crippen LogP contribution in [0.4, 0.5) is 4.39 Å². The number of halogens is 2. The van der Waals surface area contributed by atoms with Gasteiger partial charge in [0.2, 0.25) is 5.89 Å². The number of benzene rings is 2. The second-order valence-corrected chi connectivity index (χ2v) is 6.68. The van der Waals surface area contributed by atoms with Gasteiger partial charge in [-0.1, -0.05) is 35.9 Å². The summed E-state index contributed by atoms with van der Waals surface area (Å²) >= 11 is 6.20. The van der Waals surface area contributed by atoms with Crippen molar-refractivity contribution in [3.63, 3.8) is 0 Å². The van der Waals surface area contributed by atoms with Gasteiger partial charge in [-0.3, -0.25) is 4.90 Å². The standard InChI is InChI=1S/C20H18ClFN2O2/c21-18-4-2-1-3-17(18)20-23-16(13-26-20)11-24-9-10-25-19(12-24)14-5-7-15(22)8-6-14/h1-8,13,19H,9-12H2. The third-order valence-electron chi connectivity index (χ3n) is 4.43. The predicted molar refractivity (Wildman–Crippen MR) is 97.3 cm³/mol. The molecule has 1 aromatic heterocycles. The van der Waals surface area contributed by atoms with Gasteiger partial charge in [0.1, 0.15) is 12.1 Å². The van der Waals surface area contributed by atoms with E-state index >= 15 is 0 Å². The molecular formula is C20H18ClFN2O2. The molecule has 1 fully saturated rings. The zero-order chi connectivity index (χ0) is 17.9. The summed E-state index contributed by atoms with van der Waals surface area (Å²) < 4.78 is 24.5. The van der Waals surface area contributed by atoms with Crippen LogP contribution in [0.5, 0.6) is 0 Å². The number of nitrogens with zero attached hydrogens (tertiary/aromatic N) is 2. The molecule has 0 saturated carbocycles. The van der Waals surface area contributed by atoms with Gasteiger partial charge in [0.15, 0.2) is 0 Å². The van der Waals surface area contributed by atoms with Crippen LogP contribution in [0.25, 0.3) is 11.5 Å². The van der Waals surface area contributed by atoms with Gasteiger partial charge in [-0.05, 0) is 29.8 Å². The van der Waals surface area contributed by atoms with Gasteiger partial charge in [-0.25, -0.2) is 9.37 Å². The first-order valence-electron chi connectivity index (χ1n) is 8.48. The molecule has 2 aromatic carbocycles. The van der Waals surface area contributed by atoms with Crippen molar-refractivity contribution in [3.05, 3.63) is 76.9 Å². The van der Waals surface area contributed by atoms with Gasteiger partial charge in [-0.2, -0.15) is 0 Å². The van der Waals surface area contributed by atoms with E-state index in [9.17, 15) is 4.39 Å². The maximum atomic E-state index is 13.1. The van der Waals surface area contributed by atoms with Crippen LogP contribution in [-0.4, -0.2) is 29.6 Å². The molecule has 2 heterocycles. The third kappa shape index (κ3) is 3.80. The van der Waals surface area contributed by atoms with Crippen LogP contribution in [0.2, 0.25) is 5.02 Å². The van der Waals surface area contributed by atoms with E-state index < -0.39 is 0 Å². The van der Waals surface area contributed by atoms with Crippen molar-refractivity contribution < 1.29 is 13.5 Å². The normalized spacial score (nSPS) is 18.2. The molecule has 1 atom stereocenters. The smallest absolute Gasteiger partial charge is 0.227 e. The fraction of sp³-hybridized carbons (Fsp3) is 0.250. The molecule has 4 nitrogen and oxygen atoms in total. The Morgan fingerprint density at radius 3 is 2.77 bits per heavy atom. The van der Waals surface area contributed by atoms with Crippen LogP contribution in [-0.2, 0) is 11.3 Å². The van der Waals surface area contributed by atoms with Crippen LogP contribution < -0.4 is 0 Å². The lowest BCUT2D eigenvalue weighted by Gasteiger charge is -2.32. The summed E-state index contributed by atoms with van der Waals surface area (Å²) in [5.41, 5.74) is 2.61. The molecular weight excluding hydrogens is 355 g/mol. The Labute approximate surface area is 156 Å². The highest BCUT2D eigenvalue weighted by molar-refractivity contribution is 6.33. The van der Waals surface area contributed by atoms with Crippen molar-refractivity contribution in [2.45, 2.75) is 12.6 Å². The number of rotatable bonds is 4. The molecule has 1 unspecified atom stereocenters. The lowest BCUT2D eigenvalue weighted by atomic mass is 10.1. The maximum absolute atomic E-state index is 13.1. The highest BCUT2D eigenvalue weighted by Crippen LogP contribution is 2.28. The Bertz CT molecular complexity index is 882. The van der Waals surface area contributed by atoms with Crippen LogP contribution in [0, 0.1) is 5.82 Å². The Hall–Kier alpha value is -2.21. The average molecular weight is 373 g/mol. The van der Waals surface area contributed by atoms with Crippen molar-refractivity contribution in [2.24, 2.45) is 0 Å². The van der Waals surface area contributed by atoms with E-state index in [-0.39, 0.29) is 11.9 Å². The van der Waals surface area contributed by atoms with Gasteiger partial charge in [-0.15, -0.1) is 0 Å². The lowest BCUT2D eigenvalue weighted by molar-refractivity contribution is -0.0333. The van der Waals surface area contributed by atoms with Gasteiger partial charge in [0.25, 0.3) is 0 Å². The number of hydrogen-bond donors (Lipinski definition) is 0. The van der Waals surface area contributed by atoms with Crippen LogP contribution in [0.3, 0.4) is 0 Å². The quantitative estimate of drug-likeness (QED) is 0.665. The second kappa shape index (κ2) is 7.58. The van der Waals surface area contributed by atoms with E-state index in [1.807, 2.05) is 24.3 Å². The molecule has 1 saturated heterocycles. The van der Waals surface area contributed by atoms with E-state index in [1.54, 1.807) is 18.4 Å². The average Bonchev–Trinajstić information content (AvgIpc) is 3.11. The van der Waals surface area contributed by atoms with Crippen molar-refractivity contribution in [2.75, 3.05) is 19.7 Å². The number of aromatic nitrogens is 1. The maximum Gasteiger partial charge on any atom is 0.227 e. The highest BCUT2D eigenvalue weighted by Gasteiger charge is 2.23. The molecule has 0 N–H and O–H groups in total. The van der Waals surface area contributed by atoms with Gasteiger partial charge in [0.05, 0.1) is 29.0 Å². The molecule has 26 heavy (non-hydrogen) atoms. The summed E-state index contributed by atoms with van der Waals surface area (Å²) in [5, 5.41) is 0.614. The van der Waals surface area contributed by atoms with Crippen LogP contribution >= 0.6 is 11.6 Å². The van der Waals surface area contributed by atoms with Crippen molar-refractivity contribution in [1.29, 1.82) is 0 Å². The Morgan fingerprint density at radius 2 is 1.96 bits per heavy atom. The summed E-state index contributed by atoms with van der Waals surface area (Å²) in [6.07, 6.45) is 1.60. The minimum absolute atomic E-state index is 0.0701.